The van der Waals surface area contributed by atoms with Crippen LogP contribution in [0.2, 0.25) is 5.02 Å². The molecule has 0 saturated heterocycles. The van der Waals surface area contributed by atoms with E-state index in [-0.39, 0.29) is 0 Å². The lowest BCUT2D eigenvalue weighted by Crippen LogP contribution is -2.02. The first-order valence-corrected chi connectivity index (χ1v) is 5.44. The molecule has 0 aliphatic carbocycles. The SMILES string of the molecule is Cc1nn(-c2ccc(N)cc2C#N)c(C)c1Cl. The molecule has 0 atom stereocenters. The summed E-state index contributed by atoms with van der Waals surface area (Å²) in [5.74, 6) is 0. The molecule has 0 radical (unpaired) electrons. The molecule has 17 heavy (non-hydrogen) atoms. The summed E-state index contributed by atoms with van der Waals surface area (Å²) >= 11 is 6.08. The van der Waals surface area contributed by atoms with Crippen LogP contribution < -0.4 is 5.73 Å². The molecule has 2 rings (SSSR count). The number of nitrogen functional groups attached to an aromatic ring is 1. The Morgan fingerprint density at radius 3 is 2.65 bits per heavy atom. The highest BCUT2D eigenvalue weighted by Gasteiger charge is 2.13. The summed E-state index contributed by atoms with van der Waals surface area (Å²) < 4.78 is 1.66. The van der Waals surface area contributed by atoms with Gasteiger partial charge in [-0.25, -0.2) is 4.68 Å². The van der Waals surface area contributed by atoms with E-state index in [1.807, 2.05) is 13.8 Å². The van der Waals surface area contributed by atoms with Gasteiger partial charge in [0, 0.05) is 5.69 Å². The summed E-state index contributed by atoms with van der Waals surface area (Å²) in [6, 6.07) is 7.24. The summed E-state index contributed by atoms with van der Waals surface area (Å²) in [6.45, 7) is 3.69. The van der Waals surface area contributed by atoms with E-state index in [1.165, 1.54) is 0 Å². The lowest BCUT2D eigenvalue weighted by atomic mass is 10.1. The number of aryl methyl sites for hydroxylation is 1. The Labute approximate surface area is 104 Å². The van der Waals surface area contributed by atoms with Gasteiger partial charge in [-0.1, -0.05) is 11.6 Å². The minimum absolute atomic E-state index is 0.479. The van der Waals surface area contributed by atoms with Crippen LogP contribution in [-0.4, -0.2) is 9.78 Å². The average Bonchev–Trinajstić information content (AvgIpc) is 2.57. The van der Waals surface area contributed by atoms with E-state index >= 15 is 0 Å². The summed E-state index contributed by atoms with van der Waals surface area (Å²) in [4.78, 5) is 0. The van der Waals surface area contributed by atoms with Gasteiger partial charge in [0.25, 0.3) is 0 Å². The predicted octanol–water partition coefficient (Wildman–Crippen LogP) is 2.60. The zero-order valence-corrected chi connectivity index (χ0v) is 10.3. The number of benzene rings is 1. The highest BCUT2D eigenvalue weighted by Crippen LogP contribution is 2.24. The lowest BCUT2D eigenvalue weighted by molar-refractivity contribution is 0.831. The standard InChI is InChI=1S/C12H11ClN4/c1-7-12(13)8(2)17(16-7)11-4-3-10(15)5-9(11)6-14/h3-5H,15H2,1-2H3. The minimum atomic E-state index is 0.479. The second kappa shape index (κ2) is 4.11. The molecule has 0 bridgehead atoms. The Hall–Kier alpha value is -1.99. The van der Waals surface area contributed by atoms with Crippen molar-refractivity contribution in [2.24, 2.45) is 0 Å². The van der Waals surface area contributed by atoms with Crippen LogP contribution in [0.5, 0.6) is 0 Å². The molecule has 0 fully saturated rings. The molecule has 0 aliphatic heterocycles. The Bertz CT molecular complexity index is 622. The molecule has 1 aromatic carbocycles. The average molecular weight is 247 g/mol. The molecule has 5 heteroatoms. The number of halogens is 1. The van der Waals surface area contributed by atoms with Gasteiger partial charge in [0.15, 0.2) is 0 Å². The molecule has 1 aromatic heterocycles. The number of nitrogens with two attached hydrogens (primary N) is 1. The Balaban J connectivity index is 2.69. The molecule has 0 aliphatic rings. The molecule has 4 nitrogen and oxygen atoms in total. The van der Waals surface area contributed by atoms with Crippen LogP contribution in [-0.2, 0) is 0 Å². The van der Waals surface area contributed by atoms with E-state index in [9.17, 15) is 0 Å². The maximum absolute atomic E-state index is 9.09. The largest absolute Gasteiger partial charge is 0.399 e. The van der Waals surface area contributed by atoms with Gasteiger partial charge in [-0.05, 0) is 32.0 Å². The molecule has 86 valence electrons. The highest BCUT2D eigenvalue weighted by molar-refractivity contribution is 6.31. The van der Waals surface area contributed by atoms with Crippen molar-refractivity contribution in [2.45, 2.75) is 13.8 Å². The zero-order valence-electron chi connectivity index (χ0n) is 9.53. The van der Waals surface area contributed by atoms with Crippen molar-refractivity contribution in [3.63, 3.8) is 0 Å². The van der Waals surface area contributed by atoms with Crippen LogP contribution in [0.4, 0.5) is 5.69 Å². The third-order valence-electron chi connectivity index (χ3n) is 2.57. The van der Waals surface area contributed by atoms with Crippen molar-refractivity contribution in [3.05, 3.63) is 40.2 Å². The first-order chi connectivity index (χ1) is 8.04. The van der Waals surface area contributed by atoms with Gasteiger partial charge in [-0.2, -0.15) is 10.4 Å². The van der Waals surface area contributed by atoms with E-state index in [4.69, 9.17) is 22.6 Å². The van der Waals surface area contributed by atoms with Crippen LogP contribution in [0, 0.1) is 25.2 Å². The fourth-order valence-electron chi connectivity index (χ4n) is 1.69. The van der Waals surface area contributed by atoms with Gasteiger partial charge in [-0.15, -0.1) is 0 Å². The number of nitriles is 1. The topological polar surface area (TPSA) is 67.6 Å². The number of nitrogens with zero attached hydrogens (tertiary/aromatic N) is 3. The molecule has 2 N–H and O–H groups in total. The van der Waals surface area contributed by atoms with Gasteiger partial charge in [0.1, 0.15) is 6.07 Å². The van der Waals surface area contributed by atoms with Gasteiger partial charge in [0.2, 0.25) is 0 Å². The van der Waals surface area contributed by atoms with E-state index < -0.39 is 0 Å². The number of anilines is 1. The summed E-state index contributed by atoms with van der Waals surface area (Å²) in [5.41, 5.74) is 8.92. The predicted molar refractivity (Wildman–Crippen MR) is 67.2 cm³/mol. The molecule has 0 saturated carbocycles. The molecular weight excluding hydrogens is 236 g/mol. The third kappa shape index (κ3) is 1.85. The lowest BCUT2D eigenvalue weighted by Gasteiger charge is -2.07. The van der Waals surface area contributed by atoms with Gasteiger partial charge >= 0.3 is 0 Å². The first-order valence-electron chi connectivity index (χ1n) is 5.06. The Morgan fingerprint density at radius 2 is 2.12 bits per heavy atom. The number of hydrogen-bond acceptors (Lipinski definition) is 3. The molecule has 0 amide bonds. The fraction of sp³-hybridized carbons (Fsp3) is 0.167. The van der Waals surface area contributed by atoms with Crippen molar-refractivity contribution in [3.8, 4) is 11.8 Å². The fourth-order valence-corrected chi connectivity index (χ4v) is 1.80. The molecular formula is C12H11ClN4. The van der Waals surface area contributed by atoms with E-state index in [0.29, 0.717) is 22.0 Å². The van der Waals surface area contributed by atoms with Crippen molar-refractivity contribution in [2.75, 3.05) is 5.73 Å². The maximum Gasteiger partial charge on any atom is 0.101 e. The second-order valence-corrected chi connectivity index (χ2v) is 4.16. The number of aromatic nitrogens is 2. The van der Waals surface area contributed by atoms with Crippen LogP contribution in [0.1, 0.15) is 17.0 Å². The molecule has 2 aromatic rings. The third-order valence-corrected chi connectivity index (χ3v) is 3.12. The zero-order chi connectivity index (χ0) is 12.6. The van der Waals surface area contributed by atoms with Gasteiger partial charge in [-0.3, -0.25) is 0 Å². The van der Waals surface area contributed by atoms with Crippen LogP contribution >= 0.6 is 11.6 Å². The van der Waals surface area contributed by atoms with Crippen molar-refractivity contribution >= 4 is 17.3 Å². The van der Waals surface area contributed by atoms with E-state index in [0.717, 1.165) is 11.4 Å². The summed E-state index contributed by atoms with van der Waals surface area (Å²) in [6.07, 6.45) is 0. The molecule has 1 heterocycles. The molecule has 0 spiro atoms. The smallest absolute Gasteiger partial charge is 0.101 e. The van der Waals surface area contributed by atoms with Crippen molar-refractivity contribution < 1.29 is 0 Å². The summed E-state index contributed by atoms with van der Waals surface area (Å²) in [5, 5.41) is 14.0. The van der Waals surface area contributed by atoms with Crippen molar-refractivity contribution in [1.82, 2.24) is 9.78 Å². The first kappa shape index (κ1) is 11.5. The quantitative estimate of drug-likeness (QED) is 0.787. The minimum Gasteiger partial charge on any atom is -0.399 e. The molecule has 0 unspecified atom stereocenters. The van der Waals surface area contributed by atoms with Crippen LogP contribution in [0.25, 0.3) is 5.69 Å². The van der Waals surface area contributed by atoms with E-state index in [1.54, 1.807) is 22.9 Å². The van der Waals surface area contributed by atoms with Crippen LogP contribution in [0.3, 0.4) is 0 Å². The number of rotatable bonds is 1. The van der Waals surface area contributed by atoms with Crippen LogP contribution in [0.15, 0.2) is 18.2 Å². The van der Waals surface area contributed by atoms with Gasteiger partial charge < -0.3 is 5.73 Å². The van der Waals surface area contributed by atoms with E-state index in [2.05, 4.69) is 11.2 Å². The number of hydrogen-bond donors (Lipinski definition) is 1. The Morgan fingerprint density at radius 1 is 1.41 bits per heavy atom. The monoisotopic (exact) mass is 246 g/mol. The summed E-state index contributed by atoms with van der Waals surface area (Å²) in [7, 11) is 0. The normalized spacial score (nSPS) is 10.2. The van der Waals surface area contributed by atoms with Crippen molar-refractivity contribution in [1.29, 1.82) is 5.26 Å². The maximum atomic E-state index is 9.09. The Kier molecular flexibility index (Phi) is 2.78. The second-order valence-electron chi connectivity index (χ2n) is 3.78. The highest BCUT2D eigenvalue weighted by atomic mass is 35.5. The van der Waals surface area contributed by atoms with Gasteiger partial charge in [0.05, 0.1) is 27.7 Å².